The molecule has 1 aromatic heterocycles. The number of methoxy groups -OCH3 is 1. The predicted octanol–water partition coefficient (Wildman–Crippen LogP) is 4.20. The van der Waals surface area contributed by atoms with Gasteiger partial charge in [0.05, 0.1) is 12.8 Å². The lowest BCUT2D eigenvalue weighted by molar-refractivity contribution is 0.187. The van der Waals surface area contributed by atoms with Gasteiger partial charge in [-0.1, -0.05) is 12.8 Å². The van der Waals surface area contributed by atoms with Crippen LogP contribution in [0, 0.1) is 5.82 Å². The lowest BCUT2D eigenvalue weighted by atomic mass is 10.1. The molecule has 2 heterocycles. The summed E-state index contributed by atoms with van der Waals surface area (Å²) < 4.78 is 18.8. The molecule has 0 radical (unpaired) electrons. The quantitative estimate of drug-likeness (QED) is 0.729. The van der Waals surface area contributed by atoms with E-state index in [0.717, 1.165) is 38.0 Å². The van der Waals surface area contributed by atoms with E-state index < -0.39 is 0 Å². The normalized spacial score (nSPS) is 17.7. The lowest BCUT2D eigenvalue weighted by Crippen LogP contribution is -2.50. The van der Waals surface area contributed by atoms with Crippen LogP contribution in [0.15, 0.2) is 30.3 Å². The summed E-state index contributed by atoms with van der Waals surface area (Å²) in [5.41, 5.74) is 1.37. The van der Waals surface area contributed by atoms with E-state index in [0.29, 0.717) is 11.3 Å². The first-order valence-electron chi connectivity index (χ1n) is 9.41. The average Bonchev–Trinajstić information content (AvgIpc) is 3.23. The molecular formula is C20H27Cl2FN4O. The molecule has 1 saturated heterocycles. The fourth-order valence-corrected chi connectivity index (χ4v) is 4.06. The van der Waals surface area contributed by atoms with Gasteiger partial charge < -0.3 is 9.64 Å². The lowest BCUT2D eigenvalue weighted by Gasteiger charge is -2.38. The molecule has 0 amide bonds. The van der Waals surface area contributed by atoms with Crippen molar-refractivity contribution in [2.24, 2.45) is 0 Å². The molecule has 2 fully saturated rings. The number of rotatable bonds is 4. The van der Waals surface area contributed by atoms with Crippen LogP contribution in [0.25, 0.3) is 11.3 Å². The van der Waals surface area contributed by atoms with E-state index in [4.69, 9.17) is 4.74 Å². The monoisotopic (exact) mass is 428 g/mol. The molecule has 4 rings (SSSR count). The summed E-state index contributed by atoms with van der Waals surface area (Å²) in [7, 11) is 1.46. The van der Waals surface area contributed by atoms with Crippen LogP contribution in [0.4, 0.5) is 10.2 Å². The van der Waals surface area contributed by atoms with E-state index in [1.807, 2.05) is 12.1 Å². The summed E-state index contributed by atoms with van der Waals surface area (Å²) in [5, 5.41) is 8.68. The van der Waals surface area contributed by atoms with Gasteiger partial charge in [0.15, 0.2) is 17.4 Å². The largest absolute Gasteiger partial charge is 0.494 e. The van der Waals surface area contributed by atoms with Gasteiger partial charge in [-0.15, -0.1) is 35.0 Å². The molecule has 0 atom stereocenters. The maximum atomic E-state index is 13.9. The van der Waals surface area contributed by atoms with Gasteiger partial charge in [0.2, 0.25) is 0 Å². The third kappa shape index (κ3) is 4.85. The first-order valence-corrected chi connectivity index (χ1v) is 9.41. The summed E-state index contributed by atoms with van der Waals surface area (Å²) in [5.74, 6) is 0.742. The molecule has 1 aromatic carbocycles. The second-order valence-electron chi connectivity index (χ2n) is 7.09. The van der Waals surface area contributed by atoms with Gasteiger partial charge in [-0.3, -0.25) is 4.90 Å². The molecule has 0 unspecified atom stereocenters. The minimum Gasteiger partial charge on any atom is -0.494 e. The number of piperazine rings is 1. The van der Waals surface area contributed by atoms with Crippen molar-refractivity contribution in [3.63, 3.8) is 0 Å². The van der Waals surface area contributed by atoms with Crippen LogP contribution in [0.3, 0.4) is 0 Å². The first kappa shape index (κ1) is 22.7. The van der Waals surface area contributed by atoms with Crippen LogP contribution < -0.4 is 9.64 Å². The molecule has 1 saturated carbocycles. The number of ether oxygens (including phenoxy) is 1. The highest BCUT2D eigenvalue weighted by atomic mass is 35.5. The minimum absolute atomic E-state index is 0. The van der Waals surface area contributed by atoms with Gasteiger partial charge in [0.1, 0.15) is 0 Å². The van der Waals surface area contributed by atoms with E-state index >= 15 is 0 Å². The van der Waals surface area contributed by atoms with Gasteiger partial charge in [0.25, 0.3) is 0 Å². The standard InChI is InChI=1S/C20H25FN4O.2ClH/c1-26-19-8-6-15(14-17(19)21)18-7-9-20(23-22-18)25-12-10-24(11-13-25)16-4-2-3-5-16;;/h6-9,14,16H,2-5,10-13H2,1H3;2*1H. The maximum absolute atomic E-state index is 13.9. The topological polar surface area (TPSA) is 41.5 Å². The SMILES string of the molecule is COc1ccc(-c2ccc(N3CCN(C4CCCC4)CC3)nn2)cc1F.Cl.Cl. The average molecular weight is 429 g/mol. The van der Waals surface area contributed by atoms with Crippen LogP contribution in [0.1, 0.15) is 25.7 Å². The van der Waals surface area contributed by atoms with Crippen molar-refractivity contribution in [2.45, 2.75) is 31.7 Å². The zero-order chi connectivity index (χ0) is 17.9. The molecule has 0 bridgehead atoms. The van der Waals surface area contributed by atoms with Gasteiger partial charge in [-0.25, -0.2) is 4.39 Å². The highest BCUT2D eigenvalue weighted by Crippen LogP contribution is 2.27. The third-order valence-electron chi connectivity index (χ3n) is 5.58. The molecule has 1 aliphatic heterocycles. The summed E-state index contributed by atoms with van der Waals surface area (Å²) in [4.78, 5) is 4.92. The molecular weight excluding hydrogens is 402 g/mol. The van der Waals surface area contributed by atoms with E-state index in [9.17, 15) is 4.39 Å². The summed E-state index contributed by atoms with van der Waals surface area (Å²) in [6.45, 7) is 4.17. The molecule has 28 heavy (non-hydrogen) atoms. The van der Waals surface area contributed by atoms with Crippen molar-refractivity contribution >= 4 is 30.6 Å². The highest BCUT2D eigenvalue weighted by Gasteiger charge is 2.26. The molecule has 0 spiro atoms. The minimum atomic E-state index is -0.390. The molecule has 2 aliphatic rings. The number of halogens is 3. The first-order chi connectivity index (χ1) is 12.7. The molecule has 5 nitrogen and oxygen atoms in total. The summed E-state index contributed by atoms with van der Waals surface area (Å²) in [6.07, 6.45) is 5.47. The molecule has 154 valence electrons. The van der Waals surface area contributed by atoms with Crippen LogP contribution in [0.2, 0.25) is 0 Å². The Bertz CT molecular complexity index is 748. The fourth-order valence-electron chi connectivity index (χ4n) is 4.06. The molecule has 8 heteroatoms. The molecule has 2 aromatic rings. The van der Waals surface area contributed by atoms with Crippen LogP contribution in [-0.4, -0.2) is 54.4 Å². The Morgan fingerprint density at radius 1 is 0.964 bits per heavy atom. The Kier molecular flexibility index (Phi) is 8.28. The number of hydrogen-bond donors (Lipinski definition) is 0. The van der Waals surface area contributed by atoms with E-state index in [-0.39, 0.29) is 36.4 Å². The van der Waals surface area contributed by atoms with Gasteiger partial charge >= 0.3 is 0 Å². The van der Waals surface area contributed by atoms with E-state index in [2.05, 4.69) is 20.0 Å². The highest BCUT2D eigenvalue weighted by molar-refractivity contribution is 5.85. The van der Waals surface area contributed by atoms with Crippen molar-refractivity contribution < 1.29 is 9.13 Å². The molecule has 0 N–H and O–H groups in total. The van der Waals surface area contributed by atoms with Crippen LogP contribution >= 0.6 is 24.8 Å². The van der Waals surface area contributed by atoms with Gasteiger partial charge in [-0.05, 0) is 43.2 Å². The Hall–Kier alpha value is -1.63. The van der Waals surface area contributed by atoms with E-state index in [1.54, 1.807) is 12.1 Å². The van der Waals surface area contributed by atoms with Crippen LogP contribution in [-0.2, 0) is 0 Å². The Morgan fingerprint density at radius 2 is 1.68 bits per heavy atom. The van der Waals surface area contributed by atoms with Gasteiger partial charge in [0, 0.05) is 37.8 Å². The van der Waals surface area contributed by atoms with Crippen molar-refractivity contribution in [2.75, 3.05) is 38.2 Å². The third-order valence-corrected chi connectivity index (χ3v) is 5.58. The zero-order valence-electron chi connectivity index (χ0n) is 16.0. The summed E-state index contributed by atoms with van der Waals surface area (Å²) in [6, 6.07) is 9.52. The second-order valence-corrected chi connectivity index (χ2v) is 7.09. The van der Waals surface area contributed by atoms with Crippen molar-refractivity contribution in [1.82, 2.24) is 15.1 Å². The van der Waals surface area contributed by atoms with Crippen molar-refractivity contribution in [3.05, 3.63) is 36.1 Å². The Morgan fingerprint density at radius 3 is 2.25 bits per heavy atom. The number of aromatic nitrogens is 2. The van der Waals surface area contributed by atoms with Crippen molar-refractivity contribution in [3.8, 4) is 17.0 Å². The maximum Gasteiger partial charge on any atom is 0.165 e. The summed E-state index contributed by atoms with van der Waals surface area (Å²) >= 11 is 0. The smallest absolute Gasteiger partial charge is 0.165 e. The number of hydrogen-bond acceptors (Lipinski definition) is 5. The zero-order valence-corrected chi connectivity index (χ0v) is 17.6. The Labute approximate surface area is 178 Å². The number of benzene rings is 1. The number of anilines is 1. The van der Waals surface area contributed by atoms with Gasteiger partial charge in [-0.2, -0.15) is 0 Å². The fraction of sp³-hybridized carbons (Fsp3) is 0.500. The van der Waals surface area contributed by atoms with Crippen LogP contribution in [0.5, 0.6) is 5.75 Å². The molecule has 1 aliphatic carbocycles. The van der Waals surface area contributed by atoms with Crippen molar-refractivity contribution in [1.29, 1.82) is 0 Å². The number of nitrogens with zero attached hydrogens (tertiary/aromatic N) is 4. The predicted molar refractivity (Wildman–Crippen MR) is 115 cm³/mol. The second kappa shape index (κ2) is 10.2. The van der Waals surface area contributed by atoms with E-state index in [1.165, 1.54) is 38.9 Å². The Balaban J connectivity index is 0.00000140.